The van der Waals surface area contributed by atoms with Crippen molar-refractivity contribution in [2.24, 2.45) is 0 Å². The molecule has 1 fully saturated rings. The van der Waals surface area contributed by atoms with Crippen LogP contribution in [0.15, 0.2) is 24.3 Å². The first-order chi connectivity index (χ1) is 13.9. The minimum Gasteiger partial charge on any atom is -0.491 e. The predicted octanol–water partition coefficient (Wildman–Crippen LogP) is 0.538. The number of nitrogens with zero attached hydrogens (tertiary/aromatic N) is 1. The fourth-order valence-corrected chi connectivity index (χ4v) is 3.62. The summed E-state index contributed by atoms with van der Waals surface area (Å²) in [5, 5.41) is 14.8. The first-order valence-electron chi connectivity index (χ1n) is 9.72. The van der Waals surface area contributed by atoms with Gasteiger partial charge in [-0.15, -0.1) is 0 Å². The summed E-state index contributed by atoms with van der Waals surface area (Å²) in [6.45, 7) is 2.36. The van der Waals surface area contributed by atoms with E-state index in [0.29, 0.717) is 25.1 Å². The number of fused-ring (bicyclic) bond motifs is 2. The van der Waals surface area contributed by atoms with Crippen LogP contribution in [0.3, 0.4) is 0 Å². The monoisotopic (exact) mass is 403 g/mol. The molecule has 0 unspecified atom stereocenters. The molecule has 156 valence electrons. The Morgan fingerprint density at radius 2 is 1.93 bits per heavy atom. The summed E-state index contributed by atoms with van der Waals surface area (Å²) in [6, 6.07) is 4.36. The third kappa shape index (κ3) is 4.85. The van der Waals surface area contributed by atoms with Gasteiger partial charge in [-0.3, -0.25) is 14.4 Å². The highest BCUT2D eigenvalue weighted by Gasteiger charge is 2.35. The SMILES string of the molecule is C[C@@H]1COc2ccccc2C(=O)N[C@H](C(=O)O)CCC(=O)N2CCC[C@H]2C(=O)N1. The normalized spacial score (nSPS) is 26.2. The van der Waals surface area contributed by atoms with Gasteiger partial charge in [-0.05, 0) is 38.3 Å². The van der Waals surface area contributed by atoms with Gasteiger partial charge in [-0.25, -0.2) is 4.79 Å². The van der Waals surface area contributed by atoms with Gasteiger partial charge in [0.25, 0.3) is 5.91 Å². The van der Waals surface area contributed by atoms with E-state index in [4.69, 9.17) is 4.74 Å². The van der Waals surface area contributed by atoms with Gasteiger partial charge in [0, 0.05) is 13.0 Å². The standard InChI is InChI=1S/C20H25N3O6/c1-12-11-29-16-7-3-2-5-13(16)18(25)22-14(20(27)28)8-9-17(24)23-10-4-6-15(23)19(26)21-12/h2-3,5,7,12,14-15H,4,6,8-11H2,1H3,(H,21,26)(H,22,25)(H,27,28)/t12-,14+,15+/m1/s1. The lowest BCUT2D eigenvalue weighted by Crippen LogP contribution is -2.49. The average molecular weight is 403 g/mol. The number of hydrogen-bond donors (Lipinski definition) is 3. The van der Waals surface area contributed by atoms with Crippen LogP contribution in [0.1, 0.15) is 43.0 Å². The Morgan fingerprint density at radius 1 is 1.17 bits per heavy atom. The third-order valence-electron chi connectivity index (χ3n) is 5.14. The molecule has 9 heteroatoms. The van der Waals surface area contributed by atoms with E-state index in [1.165, 1.54) is 11.0 Å². The lowest BCUT2D eigenvalue weighted by atomic mass is 10.1. The Hall–Kier alpha value is -3.10. The maximum Gasteiger partial charge on any atom is 0.326 e. The van der Waals surface area contributed by atoms with Gasteiger partial charge in [0.05, 0.1) is 11.6 Å². The lowest BCUT2D eigenvalue weighted by Gasteiger charge is -2.26. The molecule has 1 aromatic carbocycles. The number of para-hydroxylation sites is 1. The van der Waals surface area contributed by atoms with E-state index >= 15 is 0 Å². The summed E-state index contributed by atoms with van der Waals surface area (Å²) >= 11 is 0. The maximum absolute atomic E-state index is 12.6. The van der Waals surface area contributed by atoms with Crippen molar-refractivity contribution in [3.63, 3.8) is 0 Å². The number of carboxylic acids is 1. The van der Waals surface area contributed by atoms with E-state index < -0.39 is 24.0 Å². The van der Waals surface area contributed by atoms with Crippen molar-refractivity contribution >= 4 is 23.7 Å². The molecule has 1 aromatic rings. The van der Waals surface area contributed by atoms with Crippen molar-refractivity contribution in [2.45, 2.75) is 50.7 Å². The summed E-state index contributed by atoms with van der Waals surface area (Å²) in [6.07, 6.45) is 1.13. The second-order valence-corrected chi connectivity index (χ2v) is 7.36. The number of benzene rings is 1. The molecule has 0 radical (unpaired) electrons. The number of carboxylic acid groups (broad SMARTS) is 1. The molecule has 3 amide bonds. The Balaban J connectivity index is 1.88. The molecule has 0 aromatic heterocycles. The number of carbonyl (C=O) groups is 4. The Bertz CT molecular complexity index is 811. The van der Waals surface area contributed by atoms with E-state index in [1.54, 1.807) is 25.1 Å². The summed E-state index contributed by atoms with van der Waals surface area (Å²) in [4.78, 5) is 51.0. The molecular formula is C20H25N3O6. The number of nitrogens with one attached hydrogen (secondary N) is 2. The van der Waals surface area contributed by atoms with Gasteiger partial charge in [-0.1, -0.05) is 12.1 Å². The predicted molar refractivity (Wildman–Crippen MR) is 102 cm³/mol. The van der Waals surface area contributed by atoms with E-state index in [2.05, 4.69) is 10.6 Å². The molecule has 2 aliphatic rings. The van der Waals surface area contributed by atoms with Crippen LogP contribution in [0.25, 0.3) is 0 Å². The summed E-state index contributed by atoms with van der Waals surface area (Å²) in [5.74, 6) is -2.06. The Kier molecular flexibility index (Phi) is 6.36. The molecule has 3 atom stereocenters. The number of hydrogen-bond acceptors (Lipinski definition) is 5. The first-order valence-corrected chi connectivity index (χ1v) is 9.72. The molecule has 0 saturated carbocycles. The second kappa shape index (κ2) is 8.93. The van der Waals surface area contributed by atoms with Crippen molar-refractivity contribution < 1.29 is 29.0 Å². The Morgan fingerprint density at radius 3 is 2.69 bits per heavy atom. The van der Waals surface area contributed by atoms with E-state index in [9.17, 15) is 24.3 Å². The highest BCUT2D eigenvalue weighted by molar-refractivity contribution is 5.99. The van der Waals surface area contributed by atoms with Gasteiger partial charge in [0.15, 0.2) is 0 Å². The number of ether oxygens (including phenoxy) is 1. The van der Waals surface area contributed by atoms with Crippen LogP contribution in [0.4, 0.5) is 0 Å². The molecule has 0 spiro atoms. The van der Waals surface area contributed by atoms with Gasteiger partial charge < -0.3 is 25.4 Å². The number of rotatable bonds is 1. The molecular weight excluding hydrogens is 378 g/mol. The molecule has 0 aliphatic carbocycles. The van der Waals surface area contributed by atoms with Crippen LogP contribution >= 0.6 is 0 Å². The third-order valence-corrected chi connectivity index (χ3v) is 5.14. The van der Waals surface area contributed by atoms with Crippen LogP contribution in [0.2, 0.25) is 0 Å². The van der Waals surface area contributed by atoms with Crippen LogP contribution in [-0.4, -0.2) is 65.0 Å². The summed E-state index contributed by atoms with van der Waals surface area (Å²) in [7, 11) is 0. The Labute approximate surface area is 168 Å². The molecule has 3 N–H and O–H groups in total. The van der Waals surface area contributed by atoms with Gasteiger partial charge >= 0.3 is 5.97 Å². The molecule has 2 heterocycles. The number of carbonyl (C=O) groups excluding carboxylic acids is 3. The van der Waals surface area contributed by atoms with Crippen LogP contribution in [-0.2, 0) is 14.4 Å². The zero-order valence-electron chi connectivity index (χ0n) is 16.2. The summed E-state index contributed by atoms with van der Waals surface area (Å²) < 4.78 is 5.72. The van der Waals surface area contributed by atoms with E-state index in [-0.39, 0.29) is 42.9 Å². The summed E-state index contributed by atoms with van der Waals surface area (Å²) in [5.41, 5.74) is 0.194. The quantitative estimate of drug-likeness (QED) is 0.628. The minimum absolute atomic E-state index is 0.0653. The van der Waals surface area contributed by atoms with Gasteiger partial charge in [0.1, 0.15) is 24.4 Å². The van der Waals surface area contributed by atoms with Crippen molar-refractivity contribution in [3.05, 3.63) is 29.8 Å². The smallest absolute Gasteiger partial charge is 0.326 e. The van der Waals surface area contributed by atoms with Crippen molar-refractivity contribution in [2.75, 3.05) is 13.2 Å². The van der Waals surface area contributed by atoms with E-state index in [0.717, 1.165) is 0 Å². The largest absolute Gasteiger partial charge is 0.491 e. The lowest BCUT2D eigenvalue weighted by molar-refractivity contribution is -0.141. The molecule has 2 aliphatic heterocycles. The average Bonchev–Trinajstić information content (AvgIpc) is 3.18. The molecule has 3 rings (SSSR count). The molecule has 1 saturated heterocycles. The number of amides is 3. The molecule has 9 nitrogen and oxygen atoms in total. The van der Waals surface area contributed by atoms with Crippen LogP contribution in [0.5, 0.6) is 5.75 Å². The van der Waals surface area contributed by atoms with E-state index in [1.807, 2.05) is 0 Å². The topological polar surface area (TPSA) is 125 Å². The first kappa shape index (κ1) is 20.6. The molecule has 29 heavy (non-hydrogen) atoms. The van der Waals surface area contributed by atoms with Crippen LogP contribution < -0.4 is 15.4 Å². The minimum atomic E-state index is -1.22. The van der Waals surface area contributed by atoms with Gasteiger partial charge in [0.2, 0.25) is 11.8 Å². The van der Waals surface area contributed by atoms with Crippen LogP contribution in [0, 0.1) is 0 Å². The van der Waals surface area contributed by atoms with Crippen molar-refractivity contribution in [1.29, 1.82) is 0 Å². The maximum atomic E-state index is 12.6. The fraction of sp³-hybridized carbons (Fsp3) is 0.500. The highest BCUT2D eigenvalue weighted by atomic mass is 16.5. The zero-order valence-corrected chi connectivity index (χ0v) is 16.2. The highest BCUT2D eigenvalue weighted by Crippen LogP contribution is 2.21. The zero-order chi connectivity index (χ0) is 21.0. The number of aliphatic carboxylic acids is 1. The second-order valence-electron chi connectivity index (χ2n) is 7.36. The fourth-order valence-electron chi connectivity index (χ4n) is 3.62. The van der Waals surface area contributed by atoms with Crippen molar-refractivity contribution in [1.82, 2.24) is 15.5 Å². The van der Waals surface area contributed by atoms with Crippen molar-refractivity contribution in [3.8, 4) is 5.75 Å². The molecule has 0 bridgehead atoms. The van der Waals surface area contributed by atoms with Gasteiger partial charge in [-0.2, -0.15) is 0 Å².